The summed E-state index contributed by atoms with van der Waals surface area (Å²) in [5, 5.41) is 9.56. The summed E-state index contributed by atoms with van der Waals surface area (Å²) in [6.45, 7) is 4.99. The van der Waals surface area contributed by atoms with Crippen LogP contribution < -0.4 is 0 Å². The van der Waals surface area contributed by atoms with Gasteiger partial charge in [-0.3, -0.25) is 0 Å². The van der Waals surface area contributed by atoms with E-state index in [0.717, 1.165) is 32.8 Å². The molecule has 0 aromatic heterocycles. The fourth-order valence-corrected chi connectivity index (χ4v) is 3.47. The maximum Gasteiger partial charge on any atom is 0.0579 e. The summed E-state index contributed by atoms with van der Waals surface area (Å²) in [6.07, 6.45) is 3.76. The van der Waals surface area contributed by atoms with Crippen LogP contribution in [0.15, 0.2) is 30.3 Å². The molecule has 3 nitrogen and oxygen atoms in total. The van der Waals surface area contributed by atoms with Crippen LogP contribution in [0.1, 0.15) is 30.7 Å². The number of benzene rings is 1. The minimum Gasteiger partial charge on any atom is -0.396 e. The largest absolute Gasteiger partial charge is 0.396 e. The first kappa shape index (κ1) is 14.1. The smallest absolute Gasteiger partial charge is 0.0579 e. The highest BCUT2D eigenvalue weighted by Gasteiger charge is 2.39. The Labute approximate surface area is 121 Å². The summed E-state index contributed by atoms with van der Waals surface area (Å²) in [6, 6.07) is 10.9. The third-order valence-corrected chi connectivity index (χ3v) is 4.80. The number of likely N-dealkylation sites (tertiary alicyclic amines) is 1. The van der Waals surface area contributed by atoms with E-state index in [9.17, 15) is 5.11 Å². The van der Waals surface area contributed by atoms with Gasteiger partial charge in [0.15, 0.2) is 0 Å². The van der Waals surface area contributed by atoms with E-state index in [1.807, 2.05) is 0 Å². The molecule has 2 heterocycles. The van der Waals surface area contributed by atoms with Crippen molar-refractivity contribution in [3.63, 3.8) is 0 Å². The zero-order valence-electron chi connectivity index (χ0n) is 12.1. The third-order valence-electron chi connectivity index (χ3n) is 4.80. The molecule has 1 N–H and O–H groups in total. The predicted molar refractivity (Wildman–Crippen MR) is 79.8 cm³/mol. The van der Waals surface area contributed by atoms with Gasteiger partial charge in [0, 0.05) is 6.54 Å². The van der Waals surface area contributed by atoms with Crippen molar-refractivity contribution in [1.82, 2.24) is 4.90 Å². The van der Waals surface area contributed by atoms with Crippen LogP contribution in [0.4, 0.5) is 0 Å². The van der Waals surface area contributed by atoms with Crippen LogP contribution in [-0.4, -0.2) is 49.5 Å². The van der Waals surface area contributed by atoms with Crippen molar-refractivity contribution in [2.45, 2.75) is 25.2 Å². The predicted octanol–water partition coefficient (Wildman–Crippen LogP) is 2.26. The van der Waals surface area contributed by atoms with Crippen LogP contribution in [0.3, 0.4) is 0 Å². The Morgan fingerprint density at radius 3 is 2.60 bits per heavy atom. The highest BCUT2D eigenvalue weighted by molar-refractivity contribution is 5.19. The molecule has 0 bridgehead atoms. The Morgan fingerprint density at radius 1 is 1.15 bits per heavy atom. The molecule has 1 aromatic rings. The first-order valence-electron chi connectivity index (χ1n) is 7.77. The molecule has 0 radical (unpaired) electrons. The lowest BCUT2D eigenvalue weighted by Crippen LogP contribution is -2.53. The first-order chi connectivity index (χ1) is 9.81. The highest BCUT2D eigenvalue weighted by Crippen LogP contribution is 2.32. The van der Waals surface area contributed by atoms with E-state index in [-0.39, 0.29) is 12.0 Å². The molecule has 1 aromatic carbocycles. The lowest BCUT2D eigenvalue weighted by atomic mass is 9.86. The SMILES string of the molecule is OCC1(CN2CCCC(c3ccccc3)CC2)COC1. The van der Waals surface area contributed by atoms with Gasteiger partial charge < -0.3 is 14.7 Å². The monoisotopic (exact) mass is 275 g/mol. The Balaban J connectivity index is 1.57. The average molecular weight is 275 g/mol. The van der Waals surface area contributed by atoms with E-state index in [4.69, 9.17) is 4.74 Å². The number of aliphatic hydroxyl groups is 1. The van der Waals surface area contributed by atoms with E-state index in [0.29, 0.717) is 5.92 Å². The van der Waals surface area contributed by atoms with Gasteiger partial charge in [0.25, 0.3) is 0 Å². The molecule has 2 aliphatic heterocycles. The molecule has 110 valence electrons. The Kier molecular flexibility index (Phi) is 4.39. The second-order valence-electron chi connectivity index (χ2n) is 6.47. The van der Waals surface area contributed by atoms with Gasteiger partial charge in [-0.1, -0.05) is 30.3 Å². The van der Waals surface area contributed by atoms with Gasteiger partial charge in [-0.25, -0.2) is 0 Å². The molecule has 0 spiro atoms. The molecule has 1 unspecified atom stereocenters. The van der Waals surface area contributed by atoms with Crippen LogP contribution in [0.25, 0.3) is 0 Å². The summed E-state index contributed by atoms with van der Waals surface area (Å²) in [4.78, 5) is 2.53. The van der Waals surface area contributed by atoms with Gasteiger partial charge in [0.2, 0.25) is 0 Å². The van der Waals surface area contributed by atoms with Crippen molar-refractivity contribution in [2.75, 3.05) is 39.5 Å². The molecule has 3 heteroatoms. The van der Waals surface area contributed by atoms with Gasteiger partial charge in [-0.15, -0.1) is 0 Å². The summed E-state index contributed by atoms with van der Waals surface area (Å²) >= 11 is 0. The minimum absolute atomic E-state index is 0.0204. The minimum atomic E-state index is 0.0204. The first-order valence-corrected chi connectivity index (χ1v) is 7.77. The average Bonchev–Trinajstić information content (AvgIpc) is 2.69. The molecule has 3 rings (SSSR count). The summed E-state index contributed by atoms with van der Waals surface area (Å²) in [5.74, 6) is 0.698. The zero-order valence-corrected chi connectivity index (χ0v) is 12.1. The number of rotatable bonds is 4. The van der Waals surface area contributed by atoms with E-state index in [1.165, 1.54) is 24.8 Å². The Hall–Kier alpha value is -0.900. The van der Waals surface area contributed by atoms with Crippen LogP contribution in [0.5, 0.6) is 0 Å². The normalized spacial score (nSPS) is 26.8. The summed E-state index contributed by atoms with van der Waals surface area (Å²) in [5.41, 5.74) is 1.50. The summed E-state index contributed by atoms with van der Waals surface area (Å²) in [7, 11) is 0. The molecular formula is C17H25NO2. The van der Waals surface area contributed by atoms with Gasteiger partial charge in [-0.05, 0) is 43.8 Å². The molecule has 1 atom stereocenters. The van der Waals surface area contributed by atoms with Crippen LogP contribution >= 0.6 is 0 Å². The van der Waals surface area contributed by atoms with Gasteiger partial charge in [-0.2, -0.15) is 0 Å². The van der Waals surface area contributed by atoms with E-state index >= 15 is 0 Å². The number of hydrogen-bond donors (Lipinski definition) is 1. The summed E-state index contributed by atoms with van der Waals surface area (Å²) < 4.78 is 5.31. The van der Waals surface area contributed by atoms with Gasteiger partial charge in [0.05, 0.1) is 25.2 Å². The highest BCUT2D eigenvalue weighted by atomic mass is 16.5. The van der Waals surface area contributed by atoms with Crippen molar-refractivity contribution < 1.29 is 9.84 Å². The Morgan fingerprint density at radius 2 is 1.95 bits per heavy atom. The van der Waals surface area contributed by atoms with Crippen LogP contribution in [0.2, 0.25) is 0 Å². The fraction of sp³-hybridized carbons (Fsp3) is 0.647. The maximum atomic E-state index is 9.56. The van der Waals surface area contributed by atoms with Crippen LogP contribution in [0, 0.1) is 5.41 Å². The number of nitrogens with zero attached hydrogens (tertiary/aromatic N) is 1. The van der Waals surface area contributed by atoms with Gasteiger partial charge in [0.1, 0.15) is 0 Å². The topological polar surface area (TPSA) is 32.7 Å². The number of hydrogen-bond acceptors (Lipinski definition) is 3. The van der Waals surface area contributed by atoms with E-state index in [2.05, 4.69) is 35.2 Å². The number of ether oxygens (including phenoxy) is 1. The molecule has 2 fully saturated rings. The van der Waals surface area contributed by atoms with Crippen molar-refractivity contribution in [1.29, 1.82) is 0 Å². The second-order valence-corrected chi connectivity index (χ2v) is 6.47. The lowest BCUT2D eigenvalue weighted by molar-refractivity contribution is -0.148. The molecule has 2 aliphatic rings. The van der Waals surface area contributed by atoms with E-state index in [1.54, 1.807) is 0 Å². The quantitative estimate of drug-likeness (QED) is 0.915. The van der Waals surface area contributed by atoms with E-state index < -0.39 is 0 Å². The lowest BCUT2D eigenvalue weighted by Gasteiger charge is -2.43. The zero-order chi connectivity index (χ0) is 13.8. The molecular weight excluding hydrogens is 250 g/mol. The second kappa shape index (κ2) is 6.25. The van der Waals surface area contributed by atoms with Crippen molar-refractivity contribution in [3.8, 4) is 0 Å². The Bertz CT molecular complexity index is 411. The molecule has 0 amide bonds. The molecule has 20 heavy (non-hydrogen) atoms. The van der Waals surface area contributed by atoms with Gasteiger partial charge >= 0.3 is 0 Å². The molecule has 0 aliphatic carbocycles. The maximum absolute atomic E-state index is 9.56. The molecule has 2 saturated heterocycles. The number of aliphatic hydroxyl groups excluding tert-OH is 1. The van der Waals surface area contributed by atoms with Crippen molar-refractivity contribution in [3.05, 3.63) is 35.9 Å². The fourth-order valence-electron chi connectivity index (χ4n) is 3.47. The standard InChI is InChI=1S/C17H25NO2/c19-12-17(13-20-14-17)11-18-9-4-7-16(8-10-18)15-5-2-1-3-6-15/h1-3,5-6,16,19H,4,7-14H2. The van der Waals surface area contributed by atoms with Crippen molar-refractivity contribution >= 4 is 0 Å². The van der Waals surface area contributed by atoms with Crippen LogP contribution in [-0.2, 0) is 4.74 Å². The van der Waals surface area contributed by atoms with Crippen molar-refractivity contribution in [2.24, 2.45) is 5.41 Å². The molecule has 0 saturated carbocycles. The third kappa shape index (κ3) is 3.05.